The van der Waals surface area contributed by atoms with Crippen LogP contribution >= 0.6 is 0 Å². The fourth-order valence-electron chi connectivity index (χ4n) is 2.41. The molecule has 2 N–H and O–H groups in total. The van der Waals surface area contributed by atoms with Crippen molar-refractivity contribution < 1.29 is 0 Å². The number of nitrogens with zero attached hydrogens (tertiary/aromatic N) is 5. The molecule has 1 unspecified atom stereocenters. The monoisotopic (exact) mass is 263 g/mol. The summed E-state index contributed by atoms with van der Waals surface area (Å²) in [6, 6.07) is 3.46. The Morgan fingerprint density at radius 3 is 3.00 bits per heavy atom. The molecule has 0 radical (unpaired) electrons. The lowest BCUT2D eigenvalue weighted by Gasteiger charge is -2.20. The second kappa shape index (κ2) is 5.92. The molecule has 1 aliphatic heterocycles. The van der Waals surface area contributed by atoms with E-state index in [-0.39, 0.29) is 5.49 Å². The molecule has 0 aliphatic carbocycles. The van der Waals surface area contributed by atoms with Gasteiger partial charge in [0.05, 0.1) is 0 Å². The average Bonchev–Trinajstić information content (AvgIpc) is 2.87. The van der Waals surface area contributed by atoms with Gasteiger partial charge < -0.3 is 9.80 Å². The maximum absolute atomic E-state index is 7.56. The van der Waals surface area contributed by atoms with E-state index in [1.807, 2.05) is 6.07 Å². The molecule has 0 spiro atoms. The summed E-state index contributed by atoms with van der Waals surface area (Å²) in [6.07, 6.45) is 1.16. The van der Waals surface area contributed by atoms with Crippen LogP contribution in [0.3, 0.4) is 0 Å². The SMILES string of the molecule is CCN(C)CC1CCN(c2ccc(=N)n(N=N)n2)C1. The van der Waals surface area contributed by atoms with Crippen LogP contribution in [-0.2, 0) is 0 Å². The van der Waals surface area contributed by atoms with E-state index in [4.69, 9.17) is 10.9 Å². The van der Waals surface area contributed by atoms with E-state index < -0.39 is 0 Å². The predicted molar refractivity (Wildman–Crippen MR) is 72.1 cm³/mol. The molecule has 0 aromatic carbocycles. The number of anilines is 1. The summed E-state index contributed by atoms with van der Waals surface area (Å²) in [4.78, 5) is 5.57. The lowest BCUT2D eigenvalue weighted by Crippen LogP contribution is -2.29. The first-order valence-corrected chi connectivity index (χ1v) is 6.60. The Morgan fingerprint density at radius 1 is 1.53 bits per heavy atom. The fourth-order valence-corrected chi connectivity index (χ4v) is 2.41. The maximum Gasteiger partial charge on any atom is 0.168 e. The van der Waals surface area contributed by atoms with E-state index in [0.717, 1.165) is 43.2 Å². The Labute approximate surface area is 112 Å². The number of hydrogen-bond donors (Lipinski definition) is 2. The van der Waals surface area contributed by atoms with Gasteiger partial charge in [0.15, 0.2) is 11.3 Å². The zero-order chi connectivity index (χ0) is 13.8. The van der Waals surface area contributed by atoms with Crippen LogP contribution in [0.15, 0.2) is 17.4 Å². The highest BCUT2D eigenvalue weighted by atomic mass is 15.6. The van der Waals surface area contributed by atoms with Crippen LogP contribution < -0.4 is 10.4 Å². The van der Waals surface area contributed by atoms with E-state index in [0.29, 0.717) is 5.92 Å². The number of hydrogen-bond acceptors (Lipinski definition) is 6. The topological polar surface area (TPSA) is 84.4 Å². The van der Waals surface area contributed by atoms with Crippen LogP contribution in [0.1, 0.15) is 13.3 Å². The first kappa shape index (κ1) is 13.7. The third-order valence-corrected chi connectivity index (χ3v) is 3.62. The summed E-state index contributed by atoms with van der Waals surface area (Å²) in [6.45, 7) is 6.30. The number of aromatic nitrogens is 2. The van der Waals surface area contributed by atoms with Crippen LogP contribution in [0, 0.1) is 16.9 Å². The summed E-state index contributed by atoms with van der Waals surface area (Å²) in [7, 11) is 2.14. The fraction of sp³-hybridized carbons (Fsp3) is 0.667. The van der Waals surface area contributed by atoms with Crippen molar-refractivity contribution in [3.05, 3.63) is 17.6 Å². The van der Waals surface area contributed by atoms with Gasteiger partial charge >= 0.3 is 0 Å². The Hall–Kier alpha value is -1.76. The summed E-state index contributed by atoms with van der Waals surface area (Å²) in [5.41, 5.74) is 7.11. The molecule has 0 saturated carbocycles. The van der Waals surface area contributed by atoms with Crippen molar-refractivity contribution in [2.75, 3.05) is 38.1 Å². The van der Waals surface area contributed by atoms with E-state index in [9.17, 15) is 0 Å². The Kier molecular flexibility index (Phi) is 4.26. The van der Waals surface area contributed by atoms with Crippen molar-refractivity contribution in [1.29, 1.82) is 10.9 Å². The van der Waals surface area contributed by atoms with Gasteiger partial charge in [-0.2, -0.15) is 5.53 Å². The molecule has 7 heteroatoms. The van der Waals surface area contributed by atoms with Crippen LogP contribution in [-0.4, -0.2) is 48.0 Å². The van der Waals surface area contributed by atoms with Crippen LogP contribution in [0.25, 0.3) is 0 Å². The minimum atomic E-state index is 0.125. The summed E-state index contributed by atoms with van der Waals surface area (Å²) in [5, 5.41) is 15.0. The van der Waals surface area contributed by atoms with Crippen molar-refractivity contribution in [2.45, 2.75) is 13.3 Å². The van der Waals surface area contributed by atoms with Gasteiger partial charge in [-0.05, 0) is 38.1 Å². The van der Waals surface area contributed by atoms with E-state index >= 15 is 0 Å². The molecule has 1 fully saturated rings. The van der Waals surface area contributed by atoms with Crippen LogP contribution in [0.2, 0.25) is 0 Å². The minimum Gasteiger partial charge on any atom is -0.355 e. The summed E-state index contributed by atoms with van der Waals surface area (Å²) in [5.74, 6) is 1.46. The zero-order valence-corrected chi connectivity index (χ0v) is 11.5. The van der Waals surface area contributed by atoms with Gasteiger partial charge in [0, 0.05) is 19.6 Å². The van der Waals surface area contributed by atoms with Crippen molar-refractivity contribution in [3.8, 4) is 0 Å². The van der Waals surface area contributed by atoms with Gasteiger partial charge in [-0.3, -0.25) is 5.41 Å². The van der Waals surface area contributed by atoms with Crippen molar-refractivity contribution >= 4 is 5.82 Å². The zero-order valence-electron chi connectivity index (χ0n) is 11.5. The molecule has 2 rings (SSSR count). The minimum absolute atomic E-state index is 0.125. The molecule has 0 bridgehead atoms. The summed E-state index contributed by atoms with van der Waals surface area (Å²) >= 11 is 0. The van der Waals surface area contributed by atoms with Crippen molar-refractivity contribution in [3.63, 3.8) is 0 Å². The second-order valence-corrected chi connectivity index (χ2v) is 5.02. The lowest BCUT2D eigenvalue weighted by atomic mass is 10.1. The van der Waals surface area contributed by atoms with E-state index in [2.05, 4.69) is 34.1 Å². The quantitative estimate of drug-likeness (QED) is 0.775. The number of nitrogens with one attached hydrogen (secondary N) is 2. The van der Waals surface area contributed by atoms with Gasteiger partial charge in [0.2, 0.25) is 0 Å². The second-order valence-electron chi connectivity index (χ2n) is 5.02. The smallest absolute Gasteiger partial charge is 0.168 e. The van der Waals surface area contributed by atoms with Gasteiger partial charge in [0.1, 0.15) is 0 Å². The van der Waals surface area contributed by atoms with Crippen LogP contribution in [0.5, 0.6) is 0 Å². The molecule has 104 valence electrons. The lowest BCUT2D eigenvalue weighted by molar-refractivity contribution is 0.300. The van der Waals surface area contributed by atoms with Gasteiger partial charge in [-0.15, -0.1) is 9.89 Å². The largest absolute Gasteiger partial charge is 0.355 e. The van der Waals surface area contributed by atoms with E-state index in [1.54, 1.807) is 6.07 Å². The van der Waals surface area contributed by atoms with Crippen molar-refractivity contribution in [1.82, 2.24) is 14.8 Å². The Morgan fingerprint density at radius 2 is 2.32 bits per heavy atom. The normalized spacial score (nSPS) is 19.1. The number of rotatable bonds is 5. The van der Waals surface area contributed by atoms with Crippen molar-refractivity contribution in [2.24, 2.45) is 11.1 Å². The molecule has 2 heterocycles. The highest BCUT2D eigenvalue weighted by molar-refractivity contribution is 5.37. The Balaban J connectivity index is 2.04. The standard InChI is InChI=1S/C12H21N7/c1-3-17(2)8-10-6-7-18(9-10)12-5-4-11(13)19(15-12)16-14/h4-5,10,13-14H,3,6-9H2,1-2H3. The van der Waals surface area contributed by atoms with E-state index in [1.165, 1.54) is 0 Å². The molecule has 19 heavy (non-hydrogen) atoms. The molecule has 0 amide bonds. The summed E-state index contributed by atoms with van der Waals surface area (Å²) < 4.78 is 0. The highest BCUT2D eigenvalue weighted by Gasteiger charge is 2.24. The Bertz CT molecular complexity index is 495. The highest BCUT2D eigenvalue weighted by Crippen LogP contribution is 2.21. The first-order chi connectivity index (χ1) is 9.13. The predicted octanol–water partition coefficient (Wildman–Crippen LogP) is 0.935. The third-order valence-electron chi connectivity index (χ3n) is 3.62. The molecular weight excluding hydrogens is 242 g/mol. The molecule has 1 atom stereocenters. The molecule has 1 aliphatic rings. The molecule has 1 aromatic rings. The average molecular weight is 263 g/mol. The van der Waals surface area contributed by atoms with Crippen LogP contribution in [0.4, 0.5) is 5.82 Å². The molecule has 1 aromatic heterocycles. The van der Waals surface area contributed by atoms with Gasteiger partial charge in [-0.1, -0.05) is 12.1 Å². The molecule has 7 nitrogen and oxygen atoms in total. The maximum atomic E-state index is 7.56. The van der Waals surface area contributed by atoms with Gasteiger partial charge in [0.25, 0.3) is 0 Å². The molecule has 1 saturated heterocycles. The first-order valence-electron chi connectivity index (χ1n) is 6.60. The molecular formula is C12H21N7. The third kappa shape index (κ3) is 3.17. The van der Waals surface area contributed by atoms with Gasteiger partial charge in [-0.25, -0.2) is 0 Å².